The van der Waals surface area contributed by atoms with E-state index in [1.165, 1.54) is 34.5 Å². The van der Waals surface area contributed by atoms with E-state index in [1.54, 1.807) is 54.6 Å². The molecule has 34 heavy (non-hydrogen) atoms. The van der Waals surface area contributed by atoms with Crippen molar-refractivity contribution in [2.75, 3.05) is 45.7 Å². The summed E-state index contributed by atoms with van der Waals surface area (Å²) in [6, 6.07) is 16.8. The fraction of sp³-hybridized carbons (Fsp3) is 0.200. The molecule has 0 saturated carbocycles. The highest BCUT2D eigenvalue weighted by molar-refractivity contribution is 6.04. The Morgan fingerprint density at radius 3 is 2.03 bits per heavy atom. The third-order valence-electron chi connectivity index (χ3n) is 4.81. The number of nitrogens with one attached hydrogen (secondary N) is 2. The van der Waals surface area contributed by atoms with E-state index < -0.39 is 0 Å². The van der Waals surface area contributed by atoms with E-state index in [4.69, 9.17) is 23.7 Å². The average molecular weight is 466 g/mol. The van der Waals surface area contributed by atoms with Gasteiger partial charge in [-0.15, -0.1) is 0 Å². The van der Waals surface area contributed by atoms with E-state index in [0.29, 0.717) is 45.7 Å². The van der Waals surface area contributed by atoms with Crippen LogP contribution in [-0.2, 0) is 4.79 Å². The summed E-state index contributed by atoms with van der Waals surface area (Å²) in [7, 11) is 6.03. The minimum absolute atomic E-state index is 0.258. The topological polar surface area (TPSA) is 104 Å². The first kappa shape index (κ1) is 24.2. The lowest BCUT2D eigenvalue weighted by atomic mass is 10.1. The van der Waals surface area contributed by atoms with Crippen LogP contribution in [0.25, 0.3) is 0 Å². The Bertz CT molecular complexity index is 1160. The molecule has 0 atom stereocenters. The lowest BCUT2D eigenvalue weighted by molar-refractivity contribution is -0.118. The highest BCUT2D eigenvalue weighted by Crippen LogP contribution is 2.31. The van der Waals surface area contributed by atoms with Crippen LogP contribution in [-0.4, -0.2) is 46.9 Å². The standard InChI is InChI=1S/C25H26N2O7/c1-30-19-8-6-5-7-18(19)27-24(28)15-34-21-11-9-16(13-22(21)32-3)25(29)26-17-10-12-20(31-2)23(14-17)33-4/h5-14H,15H2,1-4H3,(H,26,29)(H,27,28). The van der Waals surface area contributed by atoms with Crippen LogP contribution in [0.15, 0.2) is 60.7 Å². The van der Waals surface area contributed by atoms with Gasteiger partial charge in [0.15, 0.2) is 29.6 Å². The summed E-state index contributed by atoms with van der Waals surface area (Å²) in [5, 5.41) is 5.53. The number of para-hydroxylation sites is 2. The van der Waals surface area contributed by atoms with Crippen molar-refractivity contribution in [1.29, 1.82) is 0 Å². The van der Waals surface area contributed by atoms with Gasteiger partial charge in [-0.1, -0.05) is 12.1 Å². The van der Waals surface area contributed by atoms with Crippen molar-refractivity contribution in [1.82, 2.24) is 0 Å². The lowest BCUT2D eigenvalue weighted by Gasteiger charge is -2.14. The summed E-state index contributed by atoms with van der Waals surface area (Å²) in [6.45, 7) is -0.258. The molecular weight excluding hydrogens is 440 g/mol. The maximum Gasteiger partial charge on any atom is 0.262 e. The third kappa shape index (κ3) is 5.89. The molecule has 9 heteroatoms. The van der Waals surface area contributed by atoms with E-state index in [2.05, 4.69) is 10.6 Å². The van der Waals surface area contributed by atoms with Crippen molar-refractivity contribution in [2.45, 2.75) is 0 Å². The van der Waals surface area contributed by atoms with Gasteiger partial charge in [0, 0.05) is 17.3 Å². The predicted octanol–water partition coefficient (Wildman–Crippen LogP) is 3.99. The molecule has 2 N–H and O–H groups in total. The molecule has 0 unspecified atom stereocenters. The molecule has 9 nitrogen and oxygen atoms in total. The second-order valence-electron chi connectivity index (χ2n) is 6.93. The zero-order valence-corrected chi connectivity index (χ0v) is 19.3. The molecule has 0 aromatic heterocycles. The molecule has 0 aliphatic heterocycles. The van der Waals surface area contributed by atoms with E-state index >= 15 is 0 Å². The van der Waals surface area contributed by atoms with Crippen LogP contribution >= 0.6 is 0 Å². The Labute approximate surface area is 197 Å². The third-order valence-corrected chi connectivity index (χ3v) is 4.81. The van der Waals surface area contributed by atoms with Gasteiger partial charge in [0.25, 0.3) is 11.8 Å². The number of benzene rings is 3. The Kier molecular flexibility index (Phi) is 8.17. The normalized spacial score (nSPS) is 10.1. The zero-order valence-electron chi connectivity index (χ0n) is 19.3. The largest absolute Gasteiger partial charge is 0.495 e. The number of hydrogen-bond acceptors (Lipinski definition) is 7. The number of carbonyl (C=O) groups excluding carboxylic acids is 2. The Morgan fingerprint density at radius 1 is 0.676 bits per heavy atom. The fourth-order valence-electron chi connectivity index (χ4n) is 3.12. The number of hydrogen-bond donors (Lipinski definition) is 2. The molecule has 0 aliphatic rings. The Balaban J connectivity index is 1.65. The van der Waals surface area contributed by atoms with Crippen LogP contribution < -0.4 is 34.3 Å². The zero-order chi connectivity index (χ0) is 24.5. The highest BCUT2D eigenvalue weighted by Gasteiger charge is 2.14. The molecule has 0 fully saturated rings. The predicted molar refractivity (Wildman–Crippen MR) is 128 cm³/mol. The molecule has 0 radical (unpaired) electrons. The summed E-state index contributed by atoms with van der Waals surface area (Å²) in [5.41, 5.74) is 1.42. The molecule has 3 aromatic carbocycles. The van der Waals surface area contributed by atoms with Crippen molar-refractivity contribution in [2.24, 2.45) is 0 Å². The second kappa shape index (κ2) is 11.5. The smallest absolute Gasteiger partial charge is 0.262 e. The first-order valence-electron chi connectivity index (χ1n) is 10.3. The highest BCUT2D eigenvalue weighted by atomic mass is 16.5. The number of rotatable bonds is 10. The average Bonchev–Trinajstić information content (AvgIpc) is 2.87. The molecule has 0 heterocycles. The summed E-state index contributed by atoms with van der Waals surface area (Å²) in [6.07, 6.45) is 0. The summed E-state index contributed by atoms with van der Waals surface area (Å²) < 4.78 is 26.6. The molecule has 2 amide bonds. The molecular formula is C25H26N2O7. The van der Waals surface area contributed by atoms with Crippen LogP contribution in [0, 0.1) is 0 Å². The molecule has 178 valence electrons. The second-order valence-corrected chi connectivity index (χ2v) is 6.93. The van der Waals surface area contributed by atoms with Crippen LogP contribution in [0.2, 0.25) is 0 Å². The van der Waals surface area contributed by atoms with Gasteiger partial charge in [0.05, 0.1) is 34.1 Å². The number of carbonyl (C=O) groups is 2. The van der Waals surface area contributed by atoms with Crippen molar-refractivity contribution < 1.29 is 33.3 Å². The van der Waals surface area contributed by atoms with Crippen LogP contribution in [0.4, 0.5) is 11.4 Å². The van der Waals surface area contributed by atoms with Gasteiger partial charge in [0.1, 0.15) is 5.75 Å². The van der Waals surface area contributed by atoms with Gasteiger partial charge < -0.3 is 34.3 Å². The lowest BCUT2D eigenvalue weighted by Crippen LogP contribution is -2.20. The van der Waals surface area contributed by atoms with Gasteiger partial charge >= 0.3 is 0 Å². The quantitative estimate of drug-likeness (QED) is 0.466. The first-order chi connectivity index (χ1) is 16.5. The van der Waals surface area contributed by atoms with E-state index in [0.717, 1.165) is 0 Å². The van der Waals surface area contributed by atoms with E-state index in [-0.39, 0.29) is 18.4 Å². The maximum atomic E-state index is 12.7. The van der Waals surface area contributed by atoms with Crippen LogP contribution in [0.3, 0.4) is 0 Å². The number of ether oxygens (including phenoxy) is 5. The van der Waals surface area contributed by atoms with E-state index in [9.17, 15) is 9.59 Å². The van der Waals surface area contributed by atoms with Gasteiger partial charge in [-0.3, -0.25) is 9.59 Å². The molecule has 3 aromatic rings. The molecule has 0 aliphatic carbocycles. The van der Waals surface area contributed by atoms with Crippen LogP contribution in [0.1, 0.15) is 10.4 Å². The molecule has 3 rings (SSSR count). The number of methoxy groups -OCH3 is 4. The van der Waals surface area contributed by atoms with Gasteiger partial charge in [-0.25, -0.2) is 0 Å². The molecule has 0 saturated heterocycles. The molecule has 0 spiro atoms. The van der Waals surface area contributed by atoms with Crippen molar-refractivity contribution in [3.63, 3.8) is 0 Å². The van der Waals surface area contributed by atoms with Crippen molar-refractivity contribution in [3.8, 4) is 28.7 Å². The Morgan fingerprint density at radius 2 is 1.32 bits per heavy atom. The van der Waals surface area contributed by atoms with E-state index in [1.807, 2.05) is 0 Å². The van der Waals surface area contributed by atoms with Crippen molar-refractivity contribution >= 4 is 23.2 Å². The number of anilines is 2. The maximum absolute atomic E-state index is 12.7. The minimum Gasteiger partial charge on any atom is -0.495 e. The summed E-state index contributed by atoms with van der Waals surface area (Å²) >= 11 is 0. The summed E-state index contributed by atoms with van der Waals surface area (Å²) in [5.74, 6) is 1.49. The van der Waals surface area contributed by atoms with Gasteiger partial charge in [0.2, 0.25) is 0 Å². The van der Waals surface area contributed by atoms with Gasteiger partial charge in [-0.2, -0.15) is 0 Å². The monoisotopic (exact) mass is 466 g/mol. The molecule has 0 bridgehead atoms. The first-order valence-corrected chi connectivity index (χ1v) is 10.3. The van der Waals surface area contributed by atoms with Crippen LogP contribution in [0.5, 0.6) is 28.7 Å². The summed E-state index contributed by atoms with van der Waals surface area (Å²) in [4.78, 5) is 25.0. The minimum atomic E-state index is -0.373. The van der Waals surface area contributed by atoms with Gasteiger partial charge in [-0.05, 0) is 42.5 Å². The Hall–Kier alpha value is -4.40. The number of amides is 2. The SMILES string of the molecule is COc1ccccc1NC(=O)COc1ccc(C(=O)Nc2ccc(OC)c(OC)c2)cc1OC. The van der Waals surface area contributed by atoms with Crippen molar-refractivity contribution in [3.05, 3.63) is 66.2 Å². The fourth-order valence-corrected chi connectivity index (χ4v) is 3.12.